The lowest BCUT2D eigenvalue weighted by Crippen LogP contribution is -2.29. The Bertz CT molecular complexity index is 464. The summed E-state index contributed by atoms with van der Waals surface area (Å²) in [7, 11) is 0. The summed E-state index contributed by atoms with van der Waals surface area (Å²) in [6, 6.07) is 3.03. The first-order chi connectivity index (χ1) is 8.65. The Morgan fingerprint density at radius 1 is 1.44 bits per heavy atom. The minimum Gasteiger partial charge on any atom is -0.478 e. The molecule has 0 aliphatic rings. The third-order valence-corrected chi connectivity index (χ3v) is 2.95. The summed E-state index contributed by atoms with van der Waals surface area (Å²) in [6.45, 7) is 0.460. The van der Waals surface area contributed by atoms with Crippen molar-refractivity contribution in [3.8, 4) is 6.07 Å². The van der Waals surface area contributed by atoms with Gasteiger partial charge in [0.1, 0.15) is 5.00 Å². The number of amides is 2. The van der Waals surface area contributed by atoms with Gasteiger partial charge >= 0.3 is 12.0 Å². The number of carbonyl (C=O) groups is 2. The fourth-order valence-electron chi connectivity index (χ4n) is 1.25. The second kappa shape index (κ2) is 7.29. The molecule has 18 heavy (non-hydrogen) atoms. The lowest BCUT2D eigenvalue weighted by molar-refractivity contribution is 0.0698. The number of carbonyl (C=O) groups excluding carboxylic acids is 1. The summed E-state index contributed by atoms with van der Waals surface area (Å²) in [5.41, 5.74) is 0.0830. The van der Waals surface area contributed by atoms with Crippen LogP contribution in [0.3, 0.4) is 0 Å². The zero-order chi connectivity index (χ0) is 13.4. The Labute approximate surface area is 108 Å². The number of carboxylic acid groups (broad SMARTS) is 1. The summed E-state index contributed by atoms with van der Waals surface area (Å²) in [6.07, 6.45) is 1.92. The molecule has 0 aromatic carbocycles. The number of carboxylic acids is 1. The molecular formula is C11H13N3O3S. The molecule has 1 aromatic heterocycles. The Morgan fingerprint density at radius 2 is 2.22 bits per heavy atom. The predicted molar refractivity (Wildman–Crippen MR) is 67.8 cm³/mol. The van der Waals surface area contributed by atoms with Crippen molar-refractivity contribution in [2.75, 3.05) is 11.9 Å². The van der Waals surface area contributed by atoms with Gasteiger partial charge in [0.25, 0.3) is 0 Å². The molecule has 0 aliphatic carbocycles. The van der Waals surface area contributed by atoms with Crippen molar-refractivity contribution in [2.45, 2.75) is 19.3 Å². The summed E-state index contributed by atoms with van der Waals surface area (Å²) in [4.78, 5) is 22.2. The molecule has 1 heterocycles. The highest BCUT2D eigenvalue weighted by molar-refractivity contribution is 7.14. The highest BCUT2D eigenvalue weighted by Gasteiger charge is 2.13. The standard InChI is InChI=1S/C11H13N3O3S/c12-5-2-1-3-6-13-11(17)14-9-8(10(15)16)4-7-18-9/h4,7H,1-3,6H2,(H,15,16)(H2,13,14,17). The van der Waals surface area contributed by atoms with E-state index in [1.54, 1.807) is 5.38 Å². The molecule has 0 saturated carbocycles. The molecule has 6 nitrogen and oxygen atoms in total. The van der Waals surface area contributed by atoms with E-state index >= 15 is 0 Å². The number of anilines is 1. The van der Waals surface area contributed by atoms with E-state index in [0.29, 0.717) is 18.0 Å². The Morgan fingerprint density at radius 3 is 2.89 bits per heavy atom. The van der Waals surface area contributed by atoms with E-state index in [1.165, 1.54) is 6.07 Å². The number of aromatic carboxylic acids is 1. The molecule has 0 atom stereocenters. The third-order valence-electron chi connectivity index (χ3n) is 2.12. The van der Waals surface area contributed by atoms with Crippen LogP contribution in [0.5, 0.6) is 0 Å². The number of unbranched alkanes of at least 4 members (excludes halogenated alkanes) is 2. The number of nitrogens with zero attached hydrogens (tertiary/aromatic N) is 1. The Kier molecular flexibility index (Phi) is 5.67. The molecule has 2 amide bonds. The number of hydrogen-bond acceptors (Lipinski definition) is 4. The number of urea groups is 1. The van der Waals surface area contributed by atoms with Gasteiger partial charge in [-0.05, 0) is 24.3 Å². The van der Waals surface area contributed by atoms with Crippen molar-refractivity contribution in [3.63, 3.8) is 0 Å². The molecule has 0 unspecified atom stereocenters. The predicted octanol–water partition coefficient (Wildman–Crippen LogP) is 2.26. The normalized spacial score (nSPS) is 9.50. The smallest absolute Gasteiger partial charge is 0.338 e. The van der Waals surface area contributed by atoms with Crippen LogP contribution in [0.4, 0.5) is 9.80 Å². The van der Waals surface area contributed by atoms with E-state index in [1.807, 2.05) is 6.07 Å². The van der Waals surface area contributed by atoms with Gasteiger partial charge in [-0.25, -0.2) is 9.59 Å². The average molecular weight is 267 g/mol. The van der Waals surface area contributed by atoms with E-state index in [0.717, 1.165) is 24.2 Å². The van der Waals surface area contributed by atoms with Crippen molar-refractivity contribution in [2.24, 2.45) is 0 Å². The first kappa shape index (κ1) is 14.0. The molecular weight excluding hydrogens is 254 g/mol. The Balaban J connectivity index is 2.34. The number of rotatable bonds is 6. The van der Waals surface area contributed by atoms with Gasteiger partial charge in [0.05, 0.1) is 11.6 Å². The van der Waals surface area contributed by atoms with Crippen LogP contribution in [-0.4, -0.2) is 23.7 Å². The summed E-state index contributed by atoms with van der Waals surface area (Å²) < 4.78 is 0. The van der Waals surface area contributed by atoms with Gasteiger partial charge in [0.15, 0.2) is 0 Å². The molecule has 0 fully saturated rings. The minimum absolute atomic E-state index is 0.0830. The van der Waals surface area contributed by atoms with Crippen LogP contribution in [0.1, 0.15) is 29.6 Å². The monoisotopic (exact) mass is 267 g/mol. The lowest BCUT2D eigenvalue weighted by Gasteiger charge is -2.06. The summed E-state index contributed by atoms with van der Waals surface area (Å²) in [5, 5.41) is 24.2. The fraction of sp³-hybridized carbons (Fsp3) is 0.364. The van der Waals surface area contributed by atoms with E-state index in [2.05, 4.69) is 10.6 Å². The zero-order valence-electron chi connectivity index (χ0n) is 9.60. The molecule has 0 aliphatic heterocycles. The molecule has 0 saturated heterocycles. The molecule has 0 bridgehead atoms. The largest absolute Gasteiger partial charge is 0.478 e. The van der Waals surface area contributed by atoms with E-state index in [4.69, 9.17) is 10.4 Å². The molecule has 96 valence electrons. The molecule has 1 aromatic rings. The fourth-order valence-corrected chi connectivity index (χ4v) is 2.03. The number of thiophene rings is 1. The van der Waals surface area contributed by atoms with Crippen molar-refractivity contribution in [3.05, 3.63) is 17.0 Å². The van der Waals surface area contributed by atoms with Crippen LogP contribution in [0.25, 0.3) is 0 Å². The highest BCUT2D eigenvalue weighted by Crippen LogP contribution is 2.22. The van der Waals surface area contributed by atoms with Crippen LogP contribution in [-0.2, 0) is 0 Å². The van der Waals surface area contributed by atoms with Crippen molar-refractivity contribution < 1.29 is 14.7 Å². The molecule has 0 spiro atoms. The van der Waals surface area contributed by atoms with Gasteiger partial charge in [0, 0.05) is 13.0 Å². The molecule has 0 radical (unpaired) electrons. The number of nitrogens with one attached hydrogen (secondary N) is 2. The second-order valence-electron chi connectivity index (χ2n) is 3.46. The molecule has 3 N–H and O–H groups in total. The quantitative estimate of drug-likeness (QED) is 0.688. The number of hydrogen-bond donors (Lipinski definition) is 3. The van der Waals surface area contributed by atoms with Gasteiger partial charge in [-0.1, -0.05) is 0 Å². The van der Waals surface area contributed by atoms with Crippen LogP contribution >= 0.6 is 11.3 Å². The van der Waals surface area contributed by atoms with Crippen molar-refractivity contribution in [1.29, 1.82) is 5.26 Å². The van der Waals surface area contributed by atoms with Gasteiger partial charge < -0.3 is 10.4 Å². The zero-order valence-corrected chi connectivity index (χ0v) is 10.4. The maximum Gasteiger partial charge on any atom is 0.338 e. The SMILES string of the molecule is N#CCCCCNC(=O)Nc1sccc1C(=O)O. The van der Waals surface area contributed by atoms with Crippen LogP contribution in [0.15, 0.2) is 11.4 Å². The van der Waals surface area contributed by atoms with Gasteiger partial charge in [-0.3, -0.25) is 5.32 Å². The minimum atomic E-state index is -1.07. The average Bonchev–Trinajstić information content (AvgIpc) is 2.77. The van der Waals surface area contributed by atoms with Gasteiger partial charge in [-0.15, -0.1) is 11.3 Å². The van der Waals surface area contributed by atoms with E-state index in [9.17, 15) is 9.59 Å². The summed E-state index contributed by atoms with van der Waals surface area (Å²) >= 11 is 1.16. The van der Waals surface area contributed by atoms with Gasteiger partial charge in [-0.2, -0.15) is 5.26 Å². The summed E-state index contributed by atoms with van der Waals surface area (Å²) in [5.74, 6) is -1.07. The number of nitriles is 1. The van der Waals surface area contributed by atoms with Crippen LogP contribution in [0, 0.1) is 11.3 Å². The van der Waals surface area contributed by atoms with Crippen LogP contribution in [0.2, 0.25) is 0 Å². The van der Waals surface area contributed by atoms with E-state index < -0.39 is 12.0 Å². The Hall–Kier alpha value is -2.07. The van der Waals surface area contributed by atoms with Crippen molar-refractivity contribution in [1.82, 2.24) is 5.32 Å². The second-order valence-corrected chi connectivity index (χ2v) is 4.38. The first-order valence-electron chi connectivity index (χ1n) is 5.37. The third kappa shape index (κ3) is 4.43. The first-order valence-corrected chi connectivity index (χ1v) is 6.25. The van der Waals surface area contributed by atoms with Gasteiger partial charge in [0.2, 0.25) is 0 Å². The lowest BCUT2D eigenvalue weighted by atomic mass is 10.2. The van der Waals surface area contributed by atoms with Crippen LogP contribution < -0.4 is 10.6 Å². The maximum absolute atomic E-state index is 11.4. The van der Waals surface area contributed by atoms with E-state index in [-0.39, 0.29) is 5.56 Å². The highest BCUT2D eigenvalue weighted by atomic mass is 32.1. The molecule has 7 heteroatoms. The molecule has 1 rings (SSSR count). The van der Waals surface area contributed by atoms with Crippen molar-refractivity contribution >= 4 is 28.3 Å². The maximum atomic E-state index is 11.4. The topological polar surface area (TPSA) is 102 Å².